The number of aliphatic hydroxyl groups is 3. The molecule has 1 heterocycles. The molecule has 16 heavy (non-hydrogen) atoms. The van der Waals surface area contributed by atoms with E-state index in [-0.39, 0.29) is 6.42 Å². The van der Waals surface area contributed by atoms with Gasteiger partial charge in [-0.1, -0.05) is 0 Å². The lowest BCUT2D eigenvalue weighted by Gasteiger charge is -2.41. The zero-order chi connectivity index (χ0) is 12.3. The topological polar surface area (TPSA) is 105 Å². The van der Waals surface area contributed by atoms with E-state index in [4.69, 9.17) is 14.6 Å². The van der Waals surface area contributed by atoms with Gasteiger partial charge in [-0.05, 0) is 0 Å². The van der Waals surface area contributed by atoms with Crippen molar-refractivity contribution in [2.24, 2.45) is 0 Å². The Morgan fingerprint density at radius 3 is 2.56 bits per heavy atom. The van der Waals surface area contributed by atoms with Crippen LogP contribution in [0.3, 0.4) is 0 Å². The van der Waals surface area contributed by atoms with Crippen molar-refractivity contribution in [1.82, 2.24) is 0 Å². The quantitative estimate of drug-likeness (QED) is 0.487. The van der Waals surface area contributed by atoms with Crippen LogP contribution in [0.15, 0.2) is 0 Å². The van der Waals surface area contributed by atoms with Gasteiger partial charge >= 0.3 is 5.97 Å². The molecule has 0 saturated carbocycles. The molecular weight excluding hydrogens is 220 g/mol. The Hall–Kier alpha value is -0.730. The summed E-state index contributed by atoms with van der Waals surface area (Å²) < 4.78 is 14.6. The van der Waals surface area contributed by atoms with E-state index in [1.54, 1.807) is 0 Å². The minimum atomic E-state index is -1.78. The number of carbonyl (C=O) groups is 1. The van der Waals surface area contributed by atoms with Crippen LogP contribution in [0.25, 0.3) is 0 Å². The highest BCUT2D eigenvalue weighted by atomic mass is 16.7. The van der Waals surface area contributed by atoms with Crippen molar-refractivity contribution in [1.29, 1.82) is 0 Å². The molecule has 7 heteroatoms. The molecule has 1 aliphatic heterocycles. The number of hydrogen-bond acceptors (Lipinski definition) is 7. The summed E-state index contributed by atoms with van der Waals surface area (Å²) in [4.78, 5) is 11.5. The maximum atomic E-state index is 11.5. The van der Waals surface area contributed by atoms with Crippen LogP contribution in [0.2, 0.25) is 0 Å². The molecule has 0 aromatic rings. The van der Waals surface area contributed by atoms with Gasteiger partial charge in [0.2, 0.25) is 0 Å². The summed E-state index contributed by atoms with van der Waals surface area (Å²) in [6.07, 6.45) is -3.85. The average Bonchev–Trinajstić information content (AvgIpc) is 2.31. The normalized spacial score (nSPS) is 39.4. The summed E-state index contributed by atoms with van der Waals surface area (Å²) in [6, 6.07) is 0. The molecular formula is C9H16O7. The van der Waals surface area contributed by atoms with Gasteiger partial charge in [-0.25, -0.2) is 4.79 Å². The Morgan fingerprint density at radius 2 is 2.12 bits per heavy atom. The van der Waals surface area contributed by atoms with E-state index in [0.717, 1.165) is 7.11 Å². The van der Waals surface area contributed by atoms with Gasteiger partial charge in [-0.15, -0.1) is 0 Å². The number of ether oxygens (including phenoxy) is 3. The molecule has 0 aromatic heterocycles. The van der Waals surface area contributed by atoms with Crippen LogP contribution in [0.5, 0.6) is 0 Å². The Morgan fingerprint density at radius 1 is 1.50 bits per heavy atom. The first-order valence-electron chi connectivity index (χ1n) is 4.79. The van der Waals surface area contributed by atoms with E-state index >= 15 is 0 Å². The SMILES string of the molecule is COC(=O)[C@@]1(OC)C[C@@H](O)[C@@H](O)[C@@H](CO)O1. The number of esters is 1. The maximum Gasteiger partial charge on any atom is 0.366 e. The van der Waals surface area contributed by atoms with E-state index in [1.165, 1.54) is 7.11 Å². The largest absolute Gasteiger partial charge is 0.465 e. The second-order valence-corrected chi connectivity index (χ2v) is 3.55. The summed E-state index contributed by atoms with van der Waals surface area (Å²) in [7, 11) is 2.37. The van der Waals surface area contributed by atoms with Gasteiger partial charge in [0.25, 0.3) is 5.79 Å². The molecule has 1 saturated heterocycles. The molecule has 7 nitrogen and oxygen atoms in total. The van der Waals surface area contributed by atoms with Gasteiger partial charge in [0.05, 0.1) is 19.8 Å². The average molecular weight is 236 g/mol. The molecule has 1 rings (SSSR count). The Bertz CT molecular complexity index is 256. The van der Waals surface area contributed by atoms with Crippen LogP contribution in [0.1, 0.15) is 6.42 Å². The maximum absolute atomic E-state index is 11.5. The zero-order valence-electron chi connectivity index (χ0n) is 9.12. The lowest BCUT2D eigenvalue weighted by atomic mass is 9.95. The van der Waals surface area contributed by atoms with E-state index in [2.05, 4.69) is 4.74 Å². The number of carbonyl (C=O) groups excluding carboxylic acids is 1. The monoisotopic (exact) mass is 236 g/mol. The third-order valence-corrected chi connectivity index (χ3v) is 2.60. The molecule has 0 radical (unpaired) electrons. The second kappa shape index (κ2) is 5.07. The molecule has 0 aliphatic carbocycles. The van der Waals surface area contributed by atoms with Gasteiger partial charge in [0, 0.05) is 13.5 Å². The van der Waals surface area contributed by atoms with Gasteiger partial charge in [0.15, 0.2) is 0 Å². The molecule has 4 atom stereocenters. The van der Waals surface area contributed by atoms with Crippen LogP contribution in [0, 0.1) is 0 Å². The zero-order valence-corrected chi connectivity index (χ0v) is 9.12. The predicted octanol–water partition coefficient (Wildman–Crippen LogP) is -1.99. The van der Waals surface area contributed by atoms with Crippen LogP contribution < -0.4 is 0 Å². The van der Waals surface area contributed by atoms with Crippen molar-refractivity contribution in [2.75, 3.05) is 20.8 Å². The fourth-order valence-electron chi connectivity index (χ4n) is 1.65. The van der Waals surface area contributed by atoms with Gasteiger partial charge in [0.1, 0.15) is 12.2 Å². The van der Waals surface area contributed by atoms with E-state index in [1.807, 2.05) is 0 Å². The minimum Gasteiger partial charge on any atom is -0.465 e. The lowest BCUT2D eigenvalue weighted by Crippen LogP contribution is -2.60. The van der Waals surface area contributed by atoms with Crippen molar-refractivity contribution in [3.63, 3.8) is 0 Å². The smallest absolute Gasteiger partial charge is 0.366 e. The highest BCUT2D eigenvalue weighted by Crippen LogP contribution is 2.31. The van der Waals surface area contributed by atoms with Crippen molar-refractivity contribution < 1.29 is 34.3 Å². The van der Waals surface area contributed by atoms with E-state index in [9.17, 15) is 15.0 Å². The Labute approximate surface area is 92.5 Å². The van der Waals surface area contributed by atoms with Crippen LogP contribution in [-0.2, 0) is 19.0 Å². The van der Waals surface area contributed by atoms with Crippen molar-refractivity contribution in [3.05, 3.63) is 0 Å². The first-order chi connectivity index (χ1) is 7.50. The highest BCUT2D eigenvalue weighted by molar-refractivity contribution is 5.78. The van der Waals surface area contributed by atoms with Crippen molar-refractivity contribution in [2.45, 2.75) is 30.5 Å². The molecule has 0 amide bonds. The molecule has 1 fully saturated rings. The third-order valence-electron chi connectivity index (χ3n) is 2.60. The first-order valence-corrected chi connectivity index (χ1v) is 4.79. The van der Waals surface area contributed by atoms with E-state index in [0.29, 0.717) is 0 Å². The minimum absolute atomic E-state index is 0.256. The third kappa shape index (κ3) is 2.18. The van der Waals surface area contributed by atoms with Crippen LogP contribution in [-0.4, -0.2) is 66.2 Å². The van der Waals surface area contributed by atoms with Crippen LogP contribution in [0.4, 0.5) is 0 Å². The lowest BCUT2D eigenvalue weighted by molar-refractivity contribution is -0.307. The Kier molecular flexibility index (Phi) is 4.22. The molecule has 0 bridgehead atoms. The molecule has 1 aliphatic rings. The number of rotatable bonds is 3. The summed E-state index contributed by atoms with van der Waals surface area (Å²) >= 11 is 0. The molecule has 0 spiro atoms. The Balaban J connectivity index is 2.91. The highest BCUT2D eigenvalue weighted by Gasteiger charge is 2.52. The molecule has 0 aromatic carbocycles. The predicted molar refractivity (Wildman–Crippen MR) is 50.3 cm³/mol. The summed E-state index contributed by atoms with van der Waals surface area (Å²) in [5, 5.41) is 28.0. The number of methoxy groups -OCH3 is 2. The van der Waals surface area contributed by atoms with Gasteiger partial charge < -0.3 is 29.5 Å². The summed E-state index contributed by atoms with van der Waals surface area (Å²) in [5.41, 5.74) is 0. The number of aliphatic hydroxyl groups excluding tert-OH is 3. The summed E-state index contributed by atoms with van der Waals surface area (Å²) in [5.74, 6) is -2.60. The fraction of sp³-hybridized carbons (Fsp3) is 0.889. The van der Waals surface area contributed by atoms with Gasteiger partial charge in [-0.2, -0.15) is 0 Å². The van der Waals surface area contributed by atoms with E-state index < -0.39 is 36.7 Å². The standard InChI is InChI=1S/C9H16O7/c1-14-8(13)9(15-2)3-5(11)7(12)6(4-10)16-9/h5-7,10-12H,3-4H2,1-2H3/t5-,6-,7-,9-/m1/s1. The molecule has 94 valence electrons. The fourth-order valence-corrected chi connectivity index (χ4v) is 1.65. The van der Waals surface area contributed by atoms with Crippen molar-refractivity contribution >= 4 is 5.97 Å². The van der Waals surface area contributed by atoms with Crippen LogP contribution >= 0.6 is 0 Å². The summed E-state index contributed by atoms with van der Waals surface area (Å²) in [6.45, 7) is -0.541. The second-order valence-electron chi connectivity index (χ2n) is 3.55. The first kappa shape index (κ1) is 13.3. The molecule has 0 unspecified atom stereocenters. The number of hydrogen-bond donors (Lipinski definition) is 3. The molecule has 3 N–H and O–H groups in total. The van der Waals surface area contributed by atoms with Gasteiger partial charge in [-0.3, -0.25) is 0 Å². The van der Waals surface area contributed by atoms with Crippen molar-refractivity contribution in [3.8, 4) is 0 Å².